The van der Waals surface area contributed by atoms with Crippen molar-refractivity contribution in [2.75, 3.05) is 39.5 Å². The molecule has 5 aliphatic rings. The molecule has 0 spiro atoms. The van der Waals surface area contributed by atoms with Gasteiger partial charge in [-0.2, -0.15) is 0 Å². The van der Waals surface area contributed by atoms with Crippen molar-refractivity contribution in [2.24, 2.45) is 40.4 Å². The number of likely N-dealkylation sites (tertiary alicyclic amines) is 1. The number of hydrogen-bond acceptors (Lipinski definition) is 3. The quantitative estimate of drug-likeness (QED) is 0.450. The van der Waals surface area contributed by atoms with Crippen LogP contribution in [0.15, 0.2) is 0 Å². The average Bonchev–Trinajstić information content (AvgIpc) is 3.38. The van der Waals surface area contributed by atoms with Gasteiger partial charge in [0.15, 0.2) is 0 Å². The summed E-state index contributed by atoms with van der Waals surface area (Å²) in [7, 11) is 0. The highest BCUT2D eigenvalue weighted by atomic mass is 16.5. The Kier molecular flexibility index (Phi) is 6.77. The summed E-state index contributed by atoms with van der Waals surface area (Å²) in [4.78, 5) is 2.53. The molecule has 1 heterocycles. The van der Waals surface area contributed by atoms with Gasteiger partial charge in [0.1, 0.15) is 0 Å². The summed E-state index contributed by atoms with van der Waals surface area (Å²) in [5.41, 5.74) is 1.24. The zero-order valence-electron chi connectivity index (χ0n) is 20.7. The Hall–Kier alpha value is -0.120. The number of rotatable bonds is 7. The van der Waals surface area contributed by atoms with E-state index >= 15 is 0 Å². The van der Waals surface area contributed by atoms with Gasteiger partial charge in [0.05, 0.1) is 25.9 Å². The van der Waals surface area contributed by atoms with Gasteiger partial charge in [-0.05, 0) is 124 Å². The van der Waals surface area contributed by atoms with Crippen molar-refractivity contribution in [3.8, 4) is 0 Å². The van der Waals surface area contributed by atoms with Gasteiger partial charge in [-0.1, -0.05) is 20.8 Å². The minimum absolute atomic E-state index is 0.483. The Bertz CT molecular complexity index is 604. The van der Waals surface area contributed by atoms with Gasteiger partial charge in [-0.15, -0.1) is 0 Å². The smallest absolute Gasteiger partial charge is 0.0704 e. The molecule has 0 aromatic carbocycles. The van der Waals surface area contributed by atoms with Crippen LogP contribution in [0.3, 0.4) is 0 Å². The van der Waals surface area contributed by atoms with Crippen molar-refractivity contribution in [1.82, 2.24) is 4.90 Å². The molecule has 0 radical (unpaired) electrons. The molecule has 1 saturated heterocycles. The summed E-state index contributed by atoms with van der Waals surface area (Å²) in [6.07, 6.45) is 16.2. The molecule has 5 fully saturated rings. The van der Waals surface area contributed by atoms with Crippen LogP contribution < -0.4 is 0 Å². The maximum absolute atomic E-state index is 6.35. The lowest BCUT2D eigenvalue weighted by Gasteiger charge is -2.61. The van der Waals surface area contributed by atoms with Crippen molar-refractivity contribution in [1.29, 1.82) is 0 Å². The van der Waals surface area contributed by atoms with Crippen molar-refractivity contribution in [2.45, 2.75) is 97.5 Å². The third-order valence-electron chi connectivity index (χ3n) is 11.4. The molecule has 0 aromatic heterocycles. The molecule has 178 valence electrons. The van der Waals surface area contributed by atoms with E-state index in [1.807, 2.05) is 0 Å². The highest BCUT2D eigenvalue weighted by molar-refractivity contribution is 5.08. The third-order valence-corrected chi connectivity index (χ3v) is 11.4. The highest BCUT2D eigenvalue weighted by Crippen LogP contribution is 2.67. The molecule has 0 bridgehead atoms. The van der Waals surface area contributed by atoms with Gasteiger partial charge in [0.25, 0.3) is 0 Å². The summed E-state index contributed by atoms with van der Waals surface area (Å²) >= 11 is 0. The number of nitrogens with zero attached hydrogens (tertiary/aromatic N) is 1. The van der Waals surface area contributed by atoms with Gasteiger partial charge in [0.2, 0.25) is 0 Å². The van der Waals surface area contributed by atoms with Crippen LogP contribution in [0, 0.1) is 40.4 Å². The van der Waals surface area contributed by atoms with Crippen molar-refractivity contribution in [3.05, 3.63) is 0 Å². The molecule has 31 heavy (non-hydrogen) atoms. The molecule has 1 aliphatic heterocycles. The summed E-state index contributed by atoms with van der Waals surface area (Å²) < 4.78 is 12.2. The van der Waals surface area contributed by atoms with E-state index in [9.17, 15) is 0 Å². The van der Waals surface area contributed by atoms with Crippen LogP contribution in [0.5, 0.6) is 0 Å². The van der Waals surface area contributed by atoms with Crippen LogP contribution in [-0.2, 0) is 9.47 Å². The minimum atomic E-state index is 0.483. The molecule has 5 rings (SSSR count). The van der Waals surface area contributed by atoms with Gasteiger partial charge in [0, 0.05) is 6.54 Å². The average molecular weight is 432 g/mol. The predicted octanol–water partition coefficient (Wildman–Crippen LogP) is 6.16. The SMILES string of the molecule is C[C@H]1CCC2C3CCC4C[C@@H](OCCOCCN5CCCC5)CC[C@]4(C)C3CC[C@@]21C. The number of fused-ring (bicyclic) bond motifs is 5. The van der Waals surface area contributed by atoms with E-state index in [0.717, 1.165) is 56.0 Å². The molecule has 4 unspecified atom stereocenters. The molecule has 3 nitrogen and oxygen atoms in total. The fraction of sp³-hybridized carbons (Fsp3) is 1.00. The lowest BCUT2D eigenvalue weighted by Crippen LogP contribution is -2.54. The Morgan fingerprint density at radius 1 is 0.806 bits per heavy atom. The van der Waals surface area contributed by atoms with Crippen LogP contribution in [0.1, 0.15) is 91.4 Å². The highest BCUT2D eigenvalue weighted by Gasteiger charge is 2.59. The maximum atomic E-state index is 6.35. The second-order valence-electron chi connectivity index (χ2n) is 12.6. The summed E-state index contributed by atoms with van der Waals surface area (Å²) in [5.74, 6) is 4.87. The minimum Gasteiger partial charge on any atom is -0.378 e. The standard InChI is InChI=1S/C28H49NO2/c1-21-6-9-25-24-8-7-22-20-23(31-19-18-30-17-16-29-14-4-5-15-29)10-12-28(22,3)26(24)11-13-27(21,25)2/h21-26H,4-20H2,1-3H3/t21-,22?,23-,24?,25?,26?,27+,28-/m0/s1. The Morgan fingerprint density at radius 3 is 2.42 bits per heavy atom. The van der Waals surface area contributed by atoms with Crippen molar-refractivity contribution in [3.63, 3.8) is 0 Å². The second kappa shape index (κ2) is 9.26. The molecular formula is C28H49NO2. The molecule has 4 saturated carbocycles. The van der Waals surface area contributed by atoms with Crippen molar-refractivity contribution >= 4 is 0 Å². The van der Waals surface area contributed by atoms with Crippen LogP contribution >= 0.6 is 0 Å². The molecule has 4 aliphatic carbocycles. The summed E-state index contributed by atoms with van der Waals surface area (Å²) in [6, 6.07) is 0. The Morgan fingerprint density at radius 2 is 1.58 bits per heavy atom. The molecule has 0 aromatic rings. The van der Waals surface area contributed by atoms with Crippen LogP contribution in [0.2, 0.25) is 0 Å². The van der Waals surface area contributed by atoms with E-state index in [2.05, 4.69) is 25.7 Å². The first-order chi connectivity index (χ1) is 15.0. The summed E-state index contributed by atoms with van der Waals surface area (Å²) in [5, 5.41) is 0. The lowest BCUT2D eigenvalue weighted by atomic mass is 9.45. The number of hydrogen-bond donors (Lipinski definition) is 0. The van der Waals surface area contributed by atoms with E-state index < -0.39 is 0 Å². The largest absolute Gasteiger partial charge is 0.378 e. The van der Waals surface area contributed by atoms with Gasteiger partial charge in [-0.25, -0.2) is 0 Å². The second-order valence-corrected chi connectivity index (χ2v) is 12.6. The van der Waals surface area contributed by atoms with E-state index in [4.69, 9.17) is 9.47 Å². The van der Waals surface area contributed by atoms with E-state index in [1.54, 1.807) is 0 Å². The Balaban J connectivity index is 1.08. The monoisotopic (exact) mass is 431 g/mol. The first-order valence-electron chi connectivity index (χ1n) is 13.9. The van der Waals surface area contributed by atoms with E-state index in [0.29, 0.717) is 16.9 Å². The molecule has 0 N–H and O–H groups in total. The number of ether oxygens (including phenoxy) is 2. The third kappa shape index (κ3) is 4.26. The topological polar surface area (TPSA) is 21.7 Å². The van der Waals surface area contributed by atoms with Crippen LogP contribution in [0.25, 0.3) is 0 Å². The normalized spacial score (nSPS) is 47.7. The first-order valence-corrected chi connectivity index (χ1v) is 13.9. The maximum Gasteiger partial charge on any atom is 0.0704 e. The first kappa shape index (κ1) is 22.7. The van der Waals surface area contributed by atoms with Crippen LogP contribution in [-0.4, -0.2) is 50.5 Å². The van der Waals surface area contributed by atoms with Gasteiger partial charge in [-0.3, -0.25) is 0 Å². The van der Waals surface area contributed by atoms with Crippen molar-refractivity contribution < 1.29 is 9.47 Å². The van der Waals surface area contributed by atoms with E-state index in [1.165, 1.54) is 83.7 Å². The fourth-order valence-electron chi connectivity index (χ4n) is 9.21. The van der Waals surface area contributed by atoms with E-state index in [-0.39, 0.29) is 0 Å². The predicted molar refractivity (Wildman–Crippen MR) is 127 cm³/mol. The summed E-state index contributed by atoms with van der Waals surface area (Å²) in [6.45, 7) is 14.0. The van der Waals surface area contributed by atoms with Crippen LogP contribution in [0.4, 0.5) is 0 Å². The molecule has 0 amide bonds. The zero-order valence-corrected chi connectivity index (χ0v) is 20.7. The Labute approximate surface area is 192 Å². The molecule has 3 heteroatoms. The van der Waals surface area contributed by atoms with Gasteiger partial charge < -0.3 is 14.4 Å². The fourth-order valence-corrected chi connectivity index (χ4v) is 9.21. The van der Waals surface area contributed by atoms with Gasteiger partial charge >= 0.3 is 0 Å². The zero-order chi connectivity index (χ0) is 21.5. The molecular weight excluding hydrogens is 382 g/mol. The lowest BCUT2D eigenvalue weighted by molar-refractivity contribution is -0.136. The molecule has 8 atom stereocenters.